The summed E-state index contributed by atoms with van der Waals surface area (Å²) in [6, 6.07) is 10.3. The van der Waals surface area contributed by atoms with Crippen LogP contribution < -0.4 is 9.47 Å². The van der Waals surface area contributed by atoms with E-state index in [4.69, 9.17) is 37.2 Å². The fourth-order valence-electron chi connectivity index (χ4n) is 2.14. The summed E-state index contributed by atoms with van der Waals surface area (Å²) in [6.07, 6.45) is 0. The molecule has 0 radical (unpaired) electrons. The van der Waals surface area contributed by atoms with Crippen LogP contribution in [0.25, 0.3) is 22.8 Å². The molecule has 23 heavy (non-hydrogen) atoms. The zero-order valence-corrected chi connectivity index (χ0v) is 13.9. The van der Waals surface area contributed by atoms with Gasteiger partial charge < -0.3 is 14.0 Å². The van der Waals surface area contributed by atoms with Crippen LogP contribution in [0.4, 0.5) is 0 Å². The van der Waals surface area contributed by atoms with E-state index in [2.05, 4.69) is 10.1 Å². The van der Waals surface area contributed by atoms with Crippen molar-refractivity contribution in [3.8, 4) is 34.3 Å². The van der Waals surface area contributed by atoms with Crippen molar-refractivity contribution in [3.05, 3.63) is 46.4 Å². The topological polar surface area (TPSA) is 57.4 Å². The van der Waals surface area contributed by atoms with Crippen LogP contribution in [-0.2, 0) is 0 Å². The highest BCUT2D eigenvalue weighted by Crippen LogP contribution is 2.35. The summed E-state index contributed by atoms with van der Waals surface area (Å²) in [7, 11) is 3.12. The first kappa shape index (κ1) is 15.6. The molecule has 0 bridgehead atoms. The maximum absolute atomic E-state index is 6.04. The molecule has 0 aliphatic rings. The van der Waals surface area contributed by atoms with Crippen molar-refractivity contribution in [3.63, 3.8) is 0 Å². The molecule has 2 aromatic carbocycles. The third-order valence-corrected chi connectivity index (χ3v) is 3.69. The Bertz CT molecular complexity index is 781. The SMILES string of the molecule is COc1ccc(Cl)cc1-c1noc(-c2cc(Cl)ccc2OC)n1. The van der Waals surface area contributed by atoms with Gasteiger partial charge in [-0.3, -0.25) is 0 Å². The molecule has 1 heterocycles. The van der Waals surface area contributed by atoms with Crippen LogP contribution in [0, 0.1) is 0 Å². The number of benzene rings is 2. The Morgan fingerprint density at radius 3 is 2.04 bits per heavy atom. The predicted octanol–water partition coefficient (Wildman–Crippen LogP) is 4.73. The van der Waals surface area contributed by atoms with Crippen LogP contribution >= 0.6 is 23.2 Å². The van der Waals surface area contributed by atoms with Crippen molar-refractivity contribution in [2.75, 3.05) is 14.2 Å². The molecule has 118 valence electrons. The molecule has 0 fully saturated rings. The average Bonchev–Trinajstić information content (AvgIpc) is 3.04. The Kier molecular flexibility index (Phi) is 4.41. The fourth-order valence-corrected chi connectivity index (χ4v) is 2.49. The molecule has 0 unspecified atom stereocenters. The van der Waals surface area contributed by atoms with Crippen molar-refractivity contribution in [1.82, 2.24) is 10.1 Å². The first-order chi connectivity index (χ1) is 11.1. The summed E-state index contributed by atoms with van der Waals surface area (Å²) in [5, 5.41) is 5.09. The monoisotopic (exact) mass is 350 g/mol. The summed E-state index contributed by atoms with van der Waals surface area (Å²) in [5.41, 5.74) is 1.25. The van der Waals surface area contributed by atoms with Gasteiger partial charge in [-0.2, -0.15) is 4.98 Å². The van der Waals surface area contributed by atoms with Gasteiger partial charge in [0.15, 0.2) is 0 Å². The molecule has 1 aromatic heterocycles. The maximum Gasteiger partial charge on any atom is 0.262 e. The molecular formula is C16H12Cl2N2O3. The number of ether oxygens (including phenoxy) is 2. The van der Waals surface area contributed by atoms with E-state index in [0.717, 1.165) is 0 Å². The molecular weight excluding hydrogens is 339 g/mol. The Morgan fingerprint density at radius 1 is 0.870 bits per heavy atom. The fraction of sp³-hybridized carbons (Fsp3) is 0.125. The van der Waals surface area contributed by atoms with E-state index in [1.54, 1.807) is 50.6 Å². The summed E-state index contributed by atoms with van der Waals surface area (Å²) in [5.74, 6) is 1.84. The predicted molar refractivity (Wildman–Crippen MR) is 88.3 cm³/mol. The summed E-state index contributed by atoms with van der Waals surface area (Å²) in [4.78, 5) is 4.40. The number of hydrogen-bond donors (Lipinski definition) is 0. The standard InChI is InChI=1S/C16H12Cl2N2O3/c1-21-13-5-3-9(17)7-11(13)15-19-16(23-20-15)12-8-10(18)4-6-14(12)22-2/h3-8H,1-2H3. The molecule has 0 N–H and O–H groups in total. The molecule has 0 aliphatic carbocycles. The number of aromatic nitrogens is 2. The highest BCUT2D eigenvalue weighted by Gasteiger charge is 2.18. The molecule has 0 aliphatic heterocycles. The average molecular weight is 351 g/mol. The van der Waals surface area contributed by atoms with Crippen molar-refractivity contribution in [2.45, 2.75) is 0 Å². The van der Waals surface area contributed by atoms with Crippen molar-refractivity contribution >= 4 is 23.2 Å². The summed E-state index contributed by atoms with van der Waals surface area (Å²) < 4.78 is 16.0. The molecule has 0 atom stereocenters. The largest absolute Gasteiger partial charge is 0.496 e. The van der Waals surface area contributed by atoms with E-state index >= 15 is 0 Å². The number of methoxy groups -OCH3 is 2. The van der Waals surface area contributed by atoms with Gasteiger partial charge in [0.2, 0.25) is 5.82 Å². The van der Waals surface area contributed by atoms with E-state index < -0.39 is 0 Å². The van der Waals surface area contributed by atoms with Crippen LogP contribution in [0.5, 0.6) is 11.5 Å². The lowest BCUT2D eigenvalue weighted by Crippen LogP contribution is -1.90. The van der Waals surface area contributed by atoms with Crippen molar-refractivity contribution in [2.24, 2.45) is 0 Å². The third-order valence-electron chi connectivity index (χ3n) is 3.22. The van der Waals surface area contributed by atoms with Crippen molar-refractivity contribution < 1.29 is 14.0 Å². The lowest BCUT2D eigenvalue weighted by atomic mass is 10.2. The lowest BCUT2D eigenvalue weighted by molar-refractivity contribution is 0.404. The molecule has 0 saturated heterocycles. The Morgan fingerprint density at radius 2 is 1.43 bits per heavy atom. The smallest absolute Gasteiger partial charge is 0.262 e. The maximum atomic E-state index is 6.04. The van der Waals surface area contributed by atoms with Crippen molar-refractivity contribution in [1.29, 1.82) is 0 Å². The van der Waals surface area contributed by atoms with Gasteiger partial charge in [0.25, 0.3) is 5.89 Å². The van der Waals surface area contributed by atoms with Crippen LogP contribution in [-0.4, -0.2) is 24.4 Å². The van der Waals surface area contributed by atoms with Gasteiger partial charge in [-0.05, 0) is 36.4 Å². The van der Waals surface area contributed by atoms with Gasteiger partial charge in [0, 0.05) is 10.0 Å². The zero-order valence-electron chi connectivity index (χ0n) is 12.3. The normalized spacial score (nSPS) is 10.6. The summed E-state index contributed by atoms with van der Waals surface area (Å²) in [6.45, 7) is 0. The number of rotatable bonds is 4. The molecule has 0 spiro atoms. The van der Waals surface area contributed by atoms with Crippen LogP contribution in [0.3, 0.4) is 0 Å². The minimum absolute atomic E-state index is 0.293. The second kappa shape index (κ2) is 6.48. The van der Waals surface area contributed by atoms with Gasteiger partial charge in [-0.25, -0.2) is 0 Å². The Balaban J connectivity index is 2.08. The Labute approximate surface area is 142 Å². The third kappa shape index (κ3) is 3.11. The minimum atomic E-state index is 0.293. The quantitative estimate of drug-likeness (QED) is 0.680. The summed E-state index contributed by atoms with van der Waals surface area (Å²) >= 11 is 12.1. The highest BCUT2D eigenvalue weighted by molar-refractivity contribution is 6.31. The van der Waals surface area contributed by atoms with E-state index in [0.29, 0.717) is 44.4 Å². The van der Waals surface area contributed by atoms with E-state index in [9.17, 15) is 0 Å². The highest BCUT2D eigenvalue weighted by atomic mass is 35.5. The lowest BCUT2D eigenvalue weighted by Gasteiger charge is -2.05. The van der Waals surface area contributed by atoms with Crippen LogP contribution in [0.15, 0.2) is 40.9 Å². The van der Waals surface area contributed by atoms with Crippen LogP contribution in [0.2, 0.25) is 10.0 Å². The first-order valence-electron chi connectivity index (χ1n) is 6.64. The van der Waals surface area contributed by atoms with Gasteiger partial charge in [0.05, 0.1) is 25.3 Å². The number of halogens is 2. The molecule has 3 aromatic rings. The molecule has 3 rings (SSSR count). The van der Waals surface area contributed by atoms with E-state index in [-0.39, 0.29) is 0 Å². The van der Waals surface area contributed by atoms with E-state index in [1.807, 2.05) is 0 Å². The second-order valence-electron chi connectivity index (χ2n) is 4.61. The molecule has 0 saturated carbocycles. The van der Waals surface area contributed by atoms with Gasteiger partial charge in [-0.15, -0.1) is 0 Å². The first-order valence-corrected chi connectivity index (χ1v) is 7.39. The number of nitrogens with zero attached hydrogens (tertiary/aromatic N) is 2. The number of hydrogen-bond acceptors (Lipinski definition) is 5. The van der Waals surface area contributed by atoms with Gasteiger partial charge in [-0.1, -0.05) is 28.4 Å². The van der Waals surface area contributed by atoms with Gasteiger partial charge in [0.1, 0.15) is 11.5 Å². The second-order valence-corrected chi connectivity index (χ2v) is 5.49. The molecule has 0 amide bonds. The van der Waals surface area contributed by atoms with E-state index in [1.165, 1.54) is 0 Å². The Hall–Kier alpha value is -2.24. The molecule has 5 nitrogen and oxygen atoms in total. The zero-order chi connectivity index (χ0) is 16.4. The van der Waals surface area contributed by atoms with Crippen LogP contribution in [0.1, 0.15) is 0 Å². The molecule has 7 heteroatoms. The minimum Gasteiger partial charge on any atom is -0.496 e. The van der Waals surface area contributed by atoms with Gasteiger partial charge >= 0.3 is 0 Å².